The molecule has 0 aliphatic carbocycles. The van der Waals surface area contributed by atoms with E-state index in [0.717, 1.165) is 11.3 Å². The van der Waals surface area contributed by atoms with E-state index in [1.807, 2.05) is 0 Å². The van der Waals surface area contributed by atoms with Crippen LogP contribution in [0.3, 0.4) is 0 Å². The topological polar surface area (TPSA) is 32.3 Å². The minimum atomic E-state index is -0.796. The van der Waals surface area contributed by atoms with Crippen molar-refractivity contribution in [3.63, 3.8) is 0 Å². The molecule has 0 spiro atoms. The molecule has 0 bridgehead atoms. The van der Waals surface area contributed by atoms with Crippen molar-refractivity contribution in [1.82, 2.24) is 0 Å². The molecule has 1 aromatic rings. The standard InChI is InChI=1S/C10H12FNO/c11-8-3-4-12-10-2-1-9(13)6-7(10)5-8/h1-2,6,8,12-13H,3-5H2. The number of phenolic OH excluding ortho intramolecular Hbond substituents is 1. The third kappa shape index (κ3) is 1.74. The Hall–Kier alpha value is -1.25. The van der Waals surface area contributed by atoms with Crippen molar-refractivity contribution in [3.8, 4) is 5.75 Å². The summed E-state index contributed by atoms with van der Waals surface area (Å²) in [6.07, 6.45) is 0.141. The normalized spacial score (nSPS) is 21.5. The molecule has 1 atom stereocenters. The predicted octanol–water partition coefficient (Wildman–Crippen LogP) is 2.09. The first kappa shape index (κ1) is 8.35. The van der Waals surface area contributed by atoms with Gasteiger partial charge < -0.3 is 10.4 Å². The lowest BCUT2D eigenvalue weighted by Gasteiger charge is -2.06. The van der Waals surface area contributed by atoms with Crippen molar-refractivity contribution >= 4 is 5.69 Å². The summed E-state index contributed by atoms with van der Waals surface area (Å²) in [5.41, 5.74) is 1.81. The molecule has 0 saturated heterocycles. The zero-order valence-corrected chi connectivity index (χ0v) is 7.26. The van der Waals surface area contributed by atoms with E-state index in [2.05, 4.69) is 5.32 Å². The molecule has 1 unspecified atom stereocenters. The van der Waals surface area contributed by atoms with E-state index in [1.54, 1.807) is 18.2 Å². The van der Waals surface area contributed by atoms with Crippen LogP contribution in [-0.4, -0.2) is 17.8 Å². The molecule has 0 fully saturated rings. The number of nitrogens with one attached hydrogen (secondary N) is 1. The minimum Gasteiger partial charge on any atom is -0.508 e. The van der Waals surface area contributed by atoms with E-state index in [9.17, 15) is 9.50 Å². The van der Waals surface area contributed by atoms with Crippen LogP contribution >= 0.6 is 0 Å². The fourth-order valence-electron chi connectivity index (χ4n) is 1.63. The molecular formula is C10H12FNO. The highest BCUT2D eigenvalue weighted by Gasteiger charge is 2.15. The van der Waals surface area contributed by atoms with Crippen molar-refractivity contribution in [2.24, 2.45) is 0 Å². The van der Waals surface area contributed by atoms with Gasteiger partial charge in [-0.2, -0.15) is 0 Å². The highest BCUT2D eigenvalue weighted by molar-refractivity contribution is 5.54. The molecule has 0 saturated carbocycles. The summed E-state index contributed by atoms with van der Waals surface area (Å²) in [5, 5.41) is 12.3. The van der Waals surface area contributed by atoms with Gasteiger partial charge in [0.2, 0.25) is 0 Å². The largest absolute Gasteiger partial charge is 0.508 e. The Bertz CT molecular complexity index is 314. The minimum absolute atomic E-state index is 0.203. The van der Waals surface area contributed by atoms with Gasteiger partial charge in [-0.25, -0.2) is 4.39 Å². The Morgan fingerprint density at radius 1 is 1.46 bits per heavy atom. The van der Waals surface area contributed by atoms with Crippen LogP contribution in [0.5, 0.6) is 5.75 Å². The number of hydrogen-bond donors (Lipinski definition) is 2. The highest BCUT2D eigenvalue weighted by Crippen LogP contribution is 2.26. The molecule has 2 rings (SSSR count). The number of hydrogen-bond acceptors (Lipinski definition) is 2. The molecule has 0 amide bonds. The van der Waals surface area contributed by atoms with Crippen LogP contribution in [0, 0.1) is 0 Å². The Morgan fingerprint density at radius 3 is 3.15 bits per heavy atom. The number of rotatable bonds is 0. The lowest BCUT2D eigenvalue weighted by molar-refractivity contribution is 0.322. The summed E-state index contributed by atoms with van der Waals surface area (Å²) in [7, 11) is 0. The lowest BCUT2D eigenvalue weighted by Crippen LogP contribution is -2.05. The van der Waals surface area contributed by atoms with E-state index in [4.69, 9.17) is 0 Å². The number of anilines is 1. The molecule has 0 aromatic heterocycles. The molecule has 3 heteroatoms. The number of benzene rings is 1. The molecule has 0 radical (unpaired) electrons. The van der Waals surface area contributed by atoms with Crippen molar-refractivity contribution in [2.75, 3.05) is 11.9 Å². The van der Waals surface area contributed by atoms with Gasteiger partial charge in [0, 0.05) is 18.7 Å². The van der Waals surface area contributed by atoms with E-state index >= 15 is 0 Å². The maximum atomic E-state index is 13.1. The average molecular weight is 181 g/mol. The zero-order chi connectivity index (χ0) is 9.26. The summed E-state index contributed by atoms with van der Waals surface area (Å²) in [4.78, 5) is 0. The highest BCUT2D eigenvalue weighted by atomic mass is 19.1. The molecule has 1 aliphatic rings. The molecule has 13 heavy (non-hydrogen) atoms. The smallest absolute Gasteiger partial charge is 0.116 e. The van der Waals surface area contributed by atoms with Crippen molar-refractivity contribution in [2.45, 2.75) is 19.0 Å². The van der Waals surface area contributed by atoms with E-state index in [1.165, 1.54) is 0 Å². The van der Waals surface area contributed by atoms with Gasteiger partial charge in [0.1, 0.15) is 11.9 Å². The predicted molar refractivity (Wildman–Crippen MR) is 49.8 cm³/mol. The van der Waals surface area contributed by atoms with Crippen LogP contribution in [0.15, 0.2) is 18.2 Å². The maximum absolute atomic E-state index is 13.1. The second-order valence-electron chi connectivity index (χ2n) is 3.36. The van der Waals surface area contributed by atoms with Crippen molar-refractivity contribution < 1.29 is 9.50 Å². The van der Waals surface area contributed by atoms with Crippen LogP contribution in [0.4, 0.5) is 10.1 Å². The van der Waals surface area contributed by atoms with E-state index in [-0.39, 0.29) is 5.75 Å². The third-order valence-corrected chi connectivity index (χ3v) is 2.30. The molecular weight excluding hydrogens is 169 g/mol. The SMILES string of the molecule is Oc1ccc2c(c1)CC(F)CCN2. The van der Waals surface area contributed by atoms with Gasteiger partial charge in [-0.1, -0.05) is 0 Å². The summed E-state index contributed by atoms with van der Waals surface area (Å²) in [6, 6.07) is 5.04. The van der Waals surface area contributed by atoms with E-state index < -0.39 is 6.17 Å². The fraction of sp³-hybridized carbons (Fsp3) is 0.400. The Kier molecular flexibility index (Phi) is 2.08. The van der Waals surface area contributed by atoms with Crippen LogP contribution in [-0.2, 0) is 6.42 Å². The third-order valence-electron chi connectivity index (χ3n) is 2.30. The van der Waals surface area contributed by atoms with Crippen LogP contribution < -0.4 is 5.32 Å². The first-order chi connectivity index (χ1) is 6.25. The van der Waals surface area contributed by atoms with Gasteiger partial charge in [0.15, 0.2) is 0 Å². The maximum Gasteiger partial charge on any atom is 0.116 e. The fourth-order valence-corrected chi connectivity index (χ4v) is 1.63. The molecule has 2 nitrogen and oxygen atoms in total. The number of halogens is 1. The molecule has 1 aromatic carbocycles. The van der Waals surface area contributed by atoms with Gasteiger partial charge in [-0.3, -0.25) is 0 Å². The summed E-state index contributed by atoms with van der Waals surface area (Å²) in [6.45, 7) is 0.666. The summed E-state index contributed by atoms with van der Waals surface area (Å²) >= 11 is 0. The number of alkyl halides is 1. The number of fused-ring (bicyclic) bond motifs is 1. The van der Waals surface area contributed by atoms with Gasteiger partial charge in [0.05, 0.1) is 0 Å². The molecule has 2 N–H and O–H groups in total. The molecule has 70 valence electrons. The van der Waals surface area contributed by atoms with Crippen LogP contribution in [0.2, 0.25) is 0 Å². The van der Waals surface area contributed by atoms with Gasteiger partial charge >= 0.3 is 0 Å². The van der Waals surface area contributed by atoms with Crippen molar-refractivity contribution in [3.05, 3.63) is 23.8 Å². The Morgan fingerprint density at radius 2 is 2.31 bits per heavy atom. The number of phenols is 1. The lowest BCUT2D eigenvalue weighted by atomic mass is 10.1. The van der Waals surface area contributed by atoms with Crippen LogP contribution in [0.25, 0.3) is 0 Å². The Balaban J connectivity index is 2.35. The zero-order valence-electron chi connectivity index (χ0n) is 7.26. The summed E-state index contributed by atoms with van der Waals surface area (Å²) in [5.74, 6) is 0.203. The monoisotopic (exact) mass is 181 g/mol. The second kappa shape index (κ2) is 3.24. The molecule has 1 heterocycles. The van der Waals surface area contributed by atoms with Gasteiger partial charge in [-0.05, 0) is 30.2 Å². The van der Waals surface area contributed by atoms with Crippen LogP contribution in [0.1, 0.15) is 12.0 Å². The first-order valence-electron chi connectivity index (χ1n) is 4.45. The summed E-state index contributed by atoms with van der Waals surface area (Å²) < 4.78 is 13.1. The average Bonchev–Trinajstić information content (AvgIpc) is 2.25. The number of aromatic hydroxyl groups is 1. The van der Waals surface area contributed by atoms with Gasteiger partial charge in [0.25, 0.3) is 0 Å². The quantitative estimate of drug-likeness (QED) is 0.601. The first-order valence-corrected chi connectivity index (χ1v) is 4.45. The van der Waals surface area contributed by atoms with Crippen molar-refractivity contribution in [1.29, 1.82) is 0 Å². The second-order valence-corrected chi connectivity index (χ2v) is 3.36. The Labute approximate surface area is 76.4 Å². The molecule has 1 aliphatic heterocycles. The van der Waals surface area contributed by atoms with E-state index in [0.29, 0.717) is 19.4 Å². The van der Waals surface area contributed by atoms with Gasteiger partial charge in [-0.15, -0.1) is 0 Å².